The molecule has 4 heteroatoms. The van der Waals surface area contributed by atoms with E-state index in [9.17, 15) is 0 Å². The van der Waals surface area contributed by atoms with Gasteiger partial charge in [-0.3, -0.25) is 0 Å². The second kappa shape index (κ2) is 7.72. The smallest absolute Gasteiger partial charge is 0.225 e. The molecule has 0 amide bonds. The largest absolute Gasteiger partial charge is 0.344 e. The number of unbranched alkanes of at least 4 members (excludes halogenated alkanes) is 2. The Morgan fingerprint density at radius 3 is 2.56 bits per heavy atom. The summed E-state index contributed by atoms with van der Waals surface area (Å²) >= 11 is 3.46. The molecule has 0 aromatic carbocycles. The Kier molecular flexibility index (Phi) is 6.61. The second-order valence-corrected chi connectivity index (χ2v) is 5.85. The van der Waals surface area contributed by atoms with Crippen LogP contribution in [0, 0.1) is 6.92 Å². The van der Waals surface area contributed by atoms with Gasteiger partial charge in [0.1, 0.15) is 0 Å². The van der Waals surface area contributed by atoms with E-state index in [0.717, 1.165) is 29.2 Å². The van der Waals surface area contributed by atoms with Gasteiger partial charge in [0.2, 0.25) is 5.95 Å². The molecule has 0 atom stereocenters. The van der Waals surface area contributed by atoms with Crippen molar-refractivity contribution in [2.75, 3.05) is 23.8 Å². The van der Waals surface area contributed by atoms with Crippen LogP contribution in [0.1, 0.15) is 50.4 Å². The topological polar surface area (TPSA) is 29.0 Å². The Bertz CT molecular complexity index is 366. The first-order valence-electron chi connectivity index (χ1n) is 6.67. The van der Waals surface area contributed by atoms with E-state index in [4.69, 9.17) is 0 Å². The minimum atomic E-state index is 0.451. The molecule has 1 rings (SSSR count). The first-order chi connectivity index (χ1) is 8.54. The summed E-state index contributed by atoms with van der Waals surface area (Å²) in [6.45, 7) is 7.40. The third-order valence-electron chi connectivity index (χ3n) is 2.92. The lowest BCUT2D eigenvalue weighted by atomic mass is 10.1. The number of nitrogens with zero attached hydrogens (tertiary/aromatic N) is 3. The molecule has 0 unspecified atom stereocenters. The summed E-state index contributed by atoms with van der Waals surface area (Å²) in [6, 6.07) is 2.08. The fourth-order valence-electron chi connectivity index (χ4n) is 1.76. The molecule has 0 N–H and O–H groups in total. The van der Waals surface area contributed by atoms with Gasteiger partial charge in [0.05, 0.1) is 0 Å². The molecule has 0 saturated heterocycles. The highest BCUT2D eigenvalue weighted by molar-refractivity contribution is 9.09. The van der Waals surface area contributed by atoms with Gasteiger partial charge >= 0.3 is 0 Å². The van der Waals surface area contributed by atoms with Crippen LogP contribution in [0.25, 0.3) is 0 Å². The van der Waals surface area contributed by atoms with Crippen LogP contribution < -0.4 is 4.90 Å². The lowest BCUT2D eigenvalue weighted by Gasteiger charge is -2.18. The van der Waals surface area contributed by atoms with Gasteiger partial charge in [0.15, 0.2) is 0 Å². The van der Waals surface area contributed by atoms with Gasteiger partial charge in [-0.2, -0.15) is 0 Å². The predicted molar refractivity (Wildman–Crippen MR) is 81.8 cm³/mol. The molecule has 0 aliphatic rings. The fraction of sp³-hybridized carbons (Fsp3) is 0.714. The Morgan fingerprint density at radius 1 is 1.22 bits per heavy atom. The lowest BCUT2D eigenvalue weighted by Crippen LogP contribution is -2.22. The number of aromatic nitrogens is 2. The molecule has 102 valence electrons. The summed E-state index contributed by atoms with van der Waals surface area (Å²) in [5, 5.41) is 1.09. The Hall–Kier alpha value is -0.640. The van der Waals surface area contributed by atoms with E-state index < -0.39 is 0 Å². The molecule has 0 aliphatic heterocycles. The first-order valence-corrected chi connectivity index (χ1v) is 7.79. The maximum Gasteiger partial charge on any atom is 0.225 e. The highest BCUT2D eigenvalue weighted by Crippen LogP contribution is 2.16. The van der Waals surface area contributed by atoms with Crippen LogP contribution in [0.2, 0.25) is 0 Å². The van der Waals surface area contributed by atoms with Crippen molar-refractivity contribution in [1.29, 1.82) is 0 Å². The summed E-state index contributed by atoms with van der Waals surface area (Å²) in [5.74, 6) is 1.31. The van der Waals surface area contributed by atoms with Crippen LogP contribution in [0.15, 0.2) is 6.07 Å². The van der Waals surface area contributed by atoms with E-state index in [2.05, 4.69) is 57.8 Å². The third-order valence-corrected chi connectivity index (χ3v) is 3.48. The van der Waals surface area contributed by atoms with Gasteiger partial charge in [0, 0.05) is 30.3 Å². The van der Waals surface area contributed by atoms with Crippen molar-refractivity contribution >= 4 is 21.9 Å². The van der Waals surface area contributed by atoms with E-state index in [-0.39, 0.29) is 0 Å². The van der Waals surface area contributed by atoms with E-state index in [1.807, 2.05) is 6.92 Å². The molecule has 18 heavy (non-hydrogen) atoms. The summed E-state index contributed by atoms with van der Waals surface area (Å²) < 4.78 is 0. The van der Waals surface area contributed by atoms with Gasteiger partial charge in [-0.15, -0.1) is 0 Å². The zero-order valence-corrected chi connectivity index (χ0v) is 13.5. The van der Waals surface area contributed by atoms with E-state index in [1.54, 1.807) is 0 Å². The van der Waals surface area contributed by atoms with Crippen LogP contribution in [0.3, 0.4) is 0 Å². The first kappa shape index (κ1) is 15.4. The molecule has 0 bridgehead atoms. The van der Waals surface area contributed by atoms with Crippen molar-refractivity contribution in [2.45, 2.75) is 46.0 Å². The monoisotopic (exact) mass is 313 g/mol. The van der Waals surface area contributed by atoms with Crippen molar-refractivity contribution in [2.24, 2.45) is 0 Å². The number of alkyl halides is 1. The maximum atomic E-state index is 4.64. The third kappa shape index (κ3) is 4.92. The Morgan fingerprint density at radius 2 is 1.94 bits per heavy atom. The minimum Gasteiger partial charge on any atom is -0.344 e. The van der Waals surface area contributed by atoms with Crippen LogP contribution in [0.5, 0.6) is 0 Å². The average Bonchev–Trinajstić information content (AvgIpc) is 2.33. The minimum absolute atomic E-state index is 0.451. The number of anilines is 1. The molecule has 0 radical (unpaired) electrons. The fourth-order valence-corrected chi connectivity index (χ4v) is 2.16. The van der Waals surface area contributed by atoms with Gasteiger partial charge in [-0.25, -0.2) is 9.97 Å². The molecule has 0 saturated carbocycles. The molecule has 1 aromatic heterocycles. The number of rotatable bonds is 7. The quantitative estimate of drug-likeness (QED) is 0.564. The molecule has 0 aliphatic carbocycles. The summed E-state index contributed by atoms with van der Waals surface area (Å²) in [5.41, 5.74) is 2.18. The number of aryl methyl sites for hydroxylation is 1. The number of halogens is 1. The number of hydrogen-bond acceptors (Lipinski definition) is 3. The van der Waals surface area contributed by atoms with E-state index >= 15 is 0 Å². The van der Waals surface area contributed by atoms with Crippen molar-refractivity contribution in [3.63, 3.8) is 0 Å². The normalized spacial score (nSPS) is 11.0. The van der Waals surface area contributed by atoms with Gasteiger partial charge in [-0.1, -0.05) is 36.2 Å². The molecule has 0 fully saturated rings. The lowest BCUT2D eigenvalue weighted by molar-refractivity contribution is 0.695. The van der Waals surface area contributed by atoms with Crippen molar-refractivity contribution in [3.8, 4) is 0 Å². The number of hydrogen-bond donors (Lipinski definition) is 0. The van der Waals surface area contributed by atoms with Crippen molar-refractivity contribution in [3.05, 3.63) is 17.5 Å². The van der Waals surface area contributed by atoms with E-state index in [1.165, 1.54) is 19.3 Å². The Balaban J connectivity index is 2.64. The SMILES string of the molecule is Cc1cc(C(C)C)nc(N(C)CCCCCBr)n1. The van der Waals surface area contributed by atoms with Crippen molar-refractivity contribution < 1.29 is 0 Å². The molecule has 1 aromatic rings. The molecule has 0 spiro atoms. The standard InChI is InChI=1S/C14H24BrN3/c1-11(2)13-10-12(3)16-14(17-13)18(4)9-7-5-6-8-15/h10-11H,5-9H2,1-4H3. The molecular formula is C14H24BrN3. The average molecular weight is 314 g/mol. The summed E-state index contributed by atoms with van der Waals surface area (Å²) in [6.07, 6.45) is 3.68. The Labute approximate surface area is 119 Å². The second-order valence-electron chi connectivity index (χ2n) is 5.06. The van der Waals surface area contributed by atoms with Crippen LogP contribution >= 0.6 is 15.9 Å². The highest BCUT2D eigenvalue weighted by atomic mass is 79.9. The maximum absolute atomic E-state index is 4.64. The van der Waals surface area contributed by atoms with Crippen LogP contribution in [0.4, 0.5) is 5.95 Å². The van der Waals surface area contributed by atoms with E-state index in [0.29, 0.717) is 5.92 Å². The van der Waals surface area contributed by atoms with Gasteiger partial charge in [0.25, 0.3) is 0 Å². The zero-order chi connectivity index (χ0) is 13.5. The van der Waals surface area contributed by atoms with Gasteiger partial charge in [-0.05, 0) is 31.7 Å². The highest BCUT2D eigenvalue weighted by Gasteiger charge is 2.09. The molecular weight excluding hydrogens is 290 g/mol. The summed E-state index contributed by atoms with van der Waals surface area (Å²) in [4.78, 5) is 11.3. The van der Waals surface area contributed by atoms with Gasteiger partial charge < -0.3 is 4.90 Å². The zero-order valence-electron chi connectivity index (χ0n) is 11.9. The molecule has 1 heterocycles. The predicted octanol–water partition coefficient (Wildman–Crippen LogP) is 3.91. The van der Waals surface area contributed by atoms with Crippen LogP contribution in [-0.4, -0.2) is 28.9 Å². The van der Waals surface area contributed by atoms with Crippen LogP contribution in [-0.2, 0) is 0 Å². The molecule has 3 nitrogen and oxygen atoms in total. The summed E-state index contributed by atoms with van der Waals surface area (Å²) in [7, 11) is 2.08. The van der Waals surface area contributed by atoms with Crippen molar-refractivity contribution in [1.82, 2.24) is 9.97 Å².